The Labute approximate surface area is 140 Å². The largest absolute Gasteiger partial charge is 0.502 e. The Morgan fingerprint density at radius 3 is 2.59 bits per heavy atom. The molecule has 1 fully saturated rings. The summed E-state index contributed by atoms with van der Waals surface area (Å²) in [4.78, 5) is 12.4. The predicted molar refractivity (Wildman–Crippen MR) is 86.7 cm³/mol. The Hall–Kier alpha value is -1.59. The number of nitro benzene ring substituents is 1. The number of rotatable bonds is 4. The summed E-state index contributed by atoms with van der Waals surface area (Å²) in [6.45, 7) is 3.26. The van der Waals surface area contributed by atoms with E-state index >= 15 is 0 Å². The molecule has 1 aliphatic heterocycles. The Morgan fingerprint density at radius 1 is 1.41 bits per heavy atom. The lowest BCUT2D eigenvalue weighted by Gasteiger charge is -2.34. The highest BCUT2D eigenvalue weighted by atomic mass is 35.5. The van der Waals surface area contributed by atoms with Crippen LogP contribution in [0.15, 0.2) is 18.2 Å². The Bertz CT molecular complexity index is 545. The smallest absolute Gasteiger partial charge is 0.311 e. The van der Waals surface area contributed by atoms with E-state index in [1.807, 2.05) is 0 Å². The fourth-order valence-corrected chi connectivity index (χ4v) is 2.43. The van der Waals surface area contributed by atoms with E-state index in [2.05, 4.69) is 16.3 Å². The van der Waals surface area contributed by atoms with E-state index in [0.717, 1.165) is 26.2 Å². The molecule has 122 valence electrons. The van der Waals surface area contributed by atoms with Gasteiger partial charge in [0, 0.05) is 38.3 Å². The Morgan fingerprint density at radius 2 is 2.05 bits per heavy atom. The maximum absolute atomic E-state index is 10.9. The van der Waals surface area contributed by atoms with Crippen molar-refractivity contribution in [1.82, 2.24) is 10.2 Å². The molecule has 9 heteroatoms. The van der Waals surface area contributed by atoms with Crippen molar-refractivity contribution >= 4 is 30.5 Å². The van der Waals surface area contributed by atoms with E-state index < -0.39 is 4.92 Å². The van der Waals surface area contributed by atoms with Crippen LogP contribution in [0.4, 0.5) is 5.69 Å². The molecule has 1 heterocycles. The van der Waals surface area contributed by atoms with E-state index in [1.54, 1.807) is 6.07 Å². The molecule has 22 heavy (non-hydrogen) atoms. The number of nitriles is 1. The molecule has 0 aromatic heterocycles. The first-order valence-corrected chi connectivity index (χ1v) is 6.42. The second-order valence-corrected chi connectivity index (χ2v) is 4.67. The molecule has 2 N–H and O–H groups in total. The normalized spacial score (nSPS) is 15.8. The highest BCUT2D eigenvalue weighted by molar-refractivity contribution is 5.85. The lowest BCUT2D eigenvalue weighted by molar-refractivity contribution is -0.386. The Kier molecular flexibility index (Phi) is 8.75. The molecule has 1 saturated heterocycles. The van der Waals surface area contributed by atoms with Crippen LogP contribution < -0.4 is 5.32 Å². The Balaban J connectivity index is 0.00000220. The minimum absolute atomic E-state index is 0. The standard InChI is InChI=1S/C13H16N4O3.2ClH/c14-4-3-11(16-7-5-15-6-8-16)10-1-2-13(18)12(9-10)17(19)20;;/h1-2,9,11,15,18H,3,5-8H2;2*1H/t11-;;/m1../s1. The number of halogens is 2. The van der Waals surface area contributed by atoms with Crippen LogP contribution in [0.25, 0.3) is 0 Å². The molecule has 2 rings (SSSR count). The number of hydrogen-bond acceptors (Lipinski definition) is 6. The number of nitrogens with zero attached hydrogens (tertiary/aromatic N) is 3. The molecule has 0 saturated carbocycles. The molecule has 0 unspecified atom stereocenters. The molecular weight excluding hydrogens is 331 g/mol. The molecule has 1 aromatic rings. The topological polar surface area (TPSA) is 102 Å². The number of aromatic hydroxyl groups is 1. The average Bonchev–Trinajstić information content (AvgIpc) is 2.46. The van der Waals surface area contributed by atoms with Crippen molar-refractivity contribution in [3.63, 3.8) is 0 Å². The maximum atomic E-state index is 10.9. The summed E-state index contributed by atoms with van der Waals surface area (Å²) in [5, 5.41) is 32.6. The SMILES string of the molecule is Cl.Cl.N#CC[C@H](c1ccc(O)c([N+](=O)[O-])c1)N1CCNCC1. The van der Waals surface area contributed by atoms with Crippen molar-refractivity contribution in [2.75, 3.05) is 26.2 Å². The van der Waals surface area contributed by atoms with Gasteiger partial charge < -0.3 is 10.4 Å². The molecule has 1 atom stereocenters. The summed E-state index contributed by atoms with van der Waals surface area (Å²) < 4.78 is 0. The van der Waals surface area contributed by atoms with Crippen molar-refractivity contribution < 1.29 is 10.0 Å². The molecule has 1 aliphatic rings. The van der Waals surface area contributed by atoms with Gasteiger partial charge in [0.05, 0.1) is 17.4 Å². The molecule has 0 amide bonds. The highest BCUT2D eigenvalue weighted by Gasteiger charge is 2.24. The first-order chi connectivity index (χ1) is 9.63. The lowest BCUT2D eigenvalue weighted by atomic mass is 10.0. The van der Waals surface area contributed by atoms with Gasteiger partial charge in [-0.3, -0.25) is 15.0 Å². The highest BCUT2D eigenvalue weighted by Crippen LogP contribution is 2.32. The zero-order valence-electron chi connectivity index (χ0n) is 11.8. The van der Waals surface area contributed by atoms with Crippen LogP contribution in [0.2, 0.25) is 0 Å². The van der Waals surface area contributed by atoms with Gasteiger partial charge >= 0.3 is 5.69 Å². The van der Waals surface area contributed by atoms with Gasteiger partial charge in [0.25, 0.3) is 0 Å². The van der Waals surface area contributed by atoms with Gasteiger partial charge in [-0.1, -0.05) is 6.07 Å². The summed E-state index contributed by atoms with van der Waals surface area (Å²) in [5.74, 6) is -0.352. The predicted octanol–water partition coefficient (Wildman–Crippen LogP) is 2.00. The number of nitrogens with one attached hydrogen (secondary N) is 1. The van der Waals surface area contributed by atoms with Crippen molar-refractivity contribution in [3.05, 3.63) is 33.9 Å². The lowest BCUT2D eigenvalue weighted by Crippen LogP contribution is -2.45. The van der Waals surface area contributed by atoms with Crippen LogP contribution in [0.1, 0.15) is 18.0 Å². The third kappa shape index (κ3) is 4.71. The minimum Gasteiger partial charge on any atom is -0.502 e. The van der Waals surface area contributed by atoms with Crippen LogP contribution in [0.3, 0.4) is 0 Å². The van der Waals surface area contributed by atoms with E-state index in [4.69, 9.17) is 5.26 Å². The summed E-state index contributed by atoms with van der Waals surface area (Å²) >= 11 is 0. The van der Waals surface area contributed by atoms with Crippen molar-refractivity contribution in [2.45, 2.75) is 12.5 Å². The maximum Gasteiger partial charge on any atom is 0.311 e. The molecule has 1 aromatic carbocycles. The van der Waals surface area contributed by atoms with E-state index in [1.165, 1.54) is 12.1 Å². The number of phenols is 1. The molecular formula is C13H18Cl2N4O3. The number of benzene rings is 1. The number of piperazine rings is 1. The zero-order valence-corrected chi connectivity index (χ0v) is 13.4. The van der Waals surface area contributed by atoms with Gasteiger partial charge in [-0.15, -0.1) is 24.8 Å². The first-order valence-electron chi connectivity index (χ1n) is 6.42. The van der Waals surface area contributed by atoms with E-state index in [0.29, 0.717) is 5.56 Å². The van der Waals surface area contributed by atoms with Crippen LogP contribution in [-0.4, -0.2) is 41.1 Å². The van der Waals surface area contributed by atoms with Gasteiger partial charge in [-0.2, -0.15) is 5.26 Å². The third-order valence-electron chi connectivity index (χ3n) is 3.46. The van der Waals surface area contributed by atoms with Crippen LogP contribution in [0.5, 0.6) is 5.75 Å². The molecule has 0 aliphatic carbocycles. The summed E-state index contributed by atoms with van der Waals surface area (Å²) in [7, 11) is 0. The van der Waals surface area contributed by atoms with Crippen molar-refractivity contribution in [3.8, 4) is 11.8 Å². The van der Waals surface area contributed by atoms with Gasteiger partial charge in [-0.05, 0) is 11.6 Å². The monoisotopic (exact) mass is 348 g/mol. The first kappa shape index (κ1) is 20.4. The van der Waals surface area contributed by atoms with Crippen LogP contribution in [0, 0.1) is 21.4 Å². The molecule has 0 bridgehead atoms. The van der Waals surface area contributed by atoms with E-state index in [9.17, 15) is 15.2 Å². The summed E-state index contributed by atoms with van der Waals surface area (Å²) in [5.41, 5.74) is 0.374. The van der Waals surface area contributed by atoms with Crippen LogP contribution in [-0.2, 0) is 0 Å². The fourth-order valence-electron chi connectivity index (χ4n) is 2.43. The quantitative estimate of drug-likeness (QED) is 0.637. The van der Waals surface area contributed by atoms with Gasteiger partial charge in [-0.25, -0.2) is 0 Å². The number of phenolic OH excluding ortho intramolecular Hbond substituents is 1. The molecule has 0 radical (unpaired) electrons. The molecule has 7 nitrogen and oxygen atoms in total. The zero-order chi connectivity index (χ0) is 14.5. The van der Waals surface area contributed by atoms with Gasteiger partial charge in [0.1, 0.15) is 0 Å². The van der Waals surface area contributed by atoms with E-state index in [-0.39, 0.29) is 48.7 Å². The average molecular weight is 349 g/mol. The molecule has 0 spiro atoms. The van der Waals surface area contributed by atoms with Crippen molar-refractivity contribution in [2.24, 2.45) is 0 Å². The fraction of sp³-hybridized carbons (Fsp3) is 0.462. The minimum atomic E-state index is -0.611. The summed E-state index contributed by atoms with van der Waals surface area (Å²) in [6.07, 6.45) is 0.266. The second-order valence-electron chi connectivity index (χ2n) is 4.67. The third-order valence-corrected chi connectivity index (χ3v) is 3.46. The summed E-state index contributed by atoms with van der Waals surface area (Å²) in [6, 6.07) is 6.28. The van der Waals surface area contributed by atoms with Crippen LogP contribution >= 0.6 is 24.8 Å². The van der Waals surface area contributed by atoms with Gasteiger partial charge in [0.2, 0.25) is 0 Å². The van der Waals surface area contributed by atoms with Crippen molar-refractivity contribution in [1.29, 1.82) is 5.26 Å². The number of hydrogen-bond donors (Lipinski definition) is 2. The second kappa shape index (κ2) is 9.43. The van der Waals surface area contributed by atoms with Gasteiger partial charge in [0.15, 0.2) is 5.75 Å². The number of nitro groups is 1.